The summed E-state index contributed by atoms with van der Waals surface area (Å²) in [6.45, 7) is 6.89. The van der Waals surface area contributed by atoms with Crippen molar-refractivity contribution < 1.29 is 19.4 Å². The Morgan fingerprint density at radius 3 is 2.22 bits per heavy atom. The zero-order valence-electron chi connectivity index (χ0n) is 14.5. The summed E-state index contributed by atoms with van der Waals surface area (Å²) >= 11 is 0. The van der Waals surface area contributed by atoms with E-state index in [2.05, 4.69) is 19.2 Å². The van der Waals surface area contributed by atoms with Gasteiger partial charge in [0.15, 0.2) is 0 Å². The second-order valence-electron chi connectivity index (χ2n) is 7.46. The van der Waals surface area contributed by atoms with Crippen LogP contribution >= 0.6 is 0 Å². The number of hydrogen-bond donors (Lipinski definition) is 2. The van der Waals surface area contributed by atoms with Crippen molar-refractivity contribution in [3.8, 4) is 0 Å². The molecule has 0 radical (unpaired) electrons. The lowest BCUT2D eigenvalue weighted by Crippen LogP contribution is -2.51. The molecule has 0 unspecified atom stereocenters. The smallest absolute Gasteiger partial charge is 0.317 e. The third-order valence-electron chi connectivity index (χ3n) is 5.14. The van der Waals surface area contributed by atoms with E-state index in [-0.39, 0.29) is 18.2 Å². The van der Waals surface area contributed by atoms with Gasteiger partial charge in [-0.2, -0.15) is 0 Å². The molecule has 0 atom stereocenters. The maximum atomic E-state index is 12.3. The molecule has 1 saturated heterocycles. The number of aliphatic carboxylic acids is 1. The highest BCUT2D eigenvalue weighted by Gasteiger charge is 2.38. The van der Waals surface area contributed by atoms with Crippen molar-refractivity contribution >= 4 is 12.0 Å². The summed E-state index contributed by atoms with van der Waals surface area (Å²) in [6, 6.07) is 0.160. The summed E-state index contributed by atoms with van der Waals surface area (Å²) in [7, 11) is 0. The van der Waals surface area contributed by atoms with Crippen LogP contribution in [0.2, 0.25) is 0 Å². The molecule has 2 amide bonds. The summed E-state index contributed by atoms with van der Waals surface area (Å²) in [4.78, 5) is 25.3. The van der Waals surface area contributed by atoms with Crippen LogP contribution in [0.5, 0.6) is 0 Å². The van der Waals surface area contributed by atoms with Crippen molar-refractivity contribution in [3.63, 3.8) is 0 Å². The molecule has 2 aliphatic rings. The molecule has 2 N–H and O–H groups in total. The fourth-order valence-electron chi connectivity index (χ4n) is 3.41. The highest BCUT2D eigenvalue weighted by atomic mass is 16.5. The molecular formula is C17H30N2O4. The van der Waals surface area contributed by atoms with Crippen molar-refractivity contribution in [1.29, 1.82) is 0 Å². The molecule has 2 rings (SSSR count). The lowest BCUT2D eigenvalue weighted by Gasteiger charge is -2.38. The van der Waals surface area contributed by atoms with Gasteiger partial charge in [0, 0.05) is 19.1 Å². The molecule has 1 aliphatic heterocycles. The van der Waals surface area contributed by atoms with E-state index in [1.165, 1.54) is 0 Å². The van der Waals surface area contributed by atoms with Gasteiger partial charge in [-0.05, 0) is 59.3 Å². The van der Waals surface area contributed by atoms with Crippen molar-refractivity contribution in [1.82, 2.24) is 10.2 Å². The number of ether oxygens (including phenoxy) is 1. The van der Waals surface area contributed by atoms with Gasteiger partial charge < -0.3 is 20.1 Å². The number of likely N-dealkylation sites (tertiary alicyclic amines) is 1. The molecule has 6 nitrogen and oxygen atoms in total. The largest absolute Gasteiger partial charge is 0.481 e. The first-order valence-corrected chi connectivity index (χ1v) is 8.74. The van der Waals surface area contributed by atoms with Crippen molar-refractivity contribution in [2.24, 2.45) is 5.41 Å². The topological polar surface area (TPSA) is 78.9 Å². The van der Waals surface area contributed by atoms with Crippen LogP contribution in [0, 0.1) is 5.41 Å². The maximum absolute atomic E-state index is 12.3. The zero-order chi connectivity index (χ0) is 17.0. The zero-order valence-corrected chi connectivity index (χ0v) is 14.5. The minimum atomic E-state index is -0.763. The average Bonchev–Trinajstić information content (AvgIpc) is 2.49. The first-order valence-electron chi connectivity index (χ1n) is 8.74. The first-order chi connectivity index (χ1) is 10.8. The number of nitrogens with one attached hydrogen (secondary N) is 1. The Kier molecular flexibility index (Phi) is 5.89. The molecule has 2 fully saturated rings. The standard InChI is InChI=1S/C17H30N2O4/c1-12(2)23-14-6-4-13(5-7-14)18-16(22)19-10-8-17(3,9-11-19)15(20)21/h12-14H,4-11H2,1-3H3,(H,18,22)(H,20,21). The number of nitrogens with zero attached hydrogens (tertiary/aromatic N) is 1. The molecule has 0 aromatic rings. The number of urea groups is 1. The molecule has 0 aromatic carbocycles. The van der Waals surface area contributed by atoms with E-state index >= 15 is 0 Å². The Labute approximate surface area is 138 Å². The van der Waals surface area contributed by atoms with Crippen LogP contribution in [-0.2, 0) is 9.53 Å². The molecular weight excluding hydrogens is 296 g/mol. The van der Waals surface area contributed by atoms with Crippen molar-refractivity contribution in [3.05, 3.63) is 0 Å². The van der Waals surface area contributed by atoms with E-state index in [1.54, 1.807) is 11.8 Å². The van der Waals surface area contributed by atoms with E-state index in [4.69, 9.17) is 4.74 Å². The quantitative estimate of drug-likeness (QED) is 0.832. The third-order valence-corrected chi connectivity index (χ3v) is 5.14. The average molecular weight is 326 g/mol. The van der Waals surface area contributed by atoms with Gasteiger partial charge >= 0.3 is 12.0 Å². The predicted molar refractivity (Wildman–Crippen MR) is 87.3 cm³/mol. The minimum Gasteiger partial charge on any atom is -0.481 e. The lowest BCUT2D eigenvalue weighted by molar-refractivity contribution is -0.150. The summed E-state index contributed by atoms with van der Waals surface area (Å²) < 4.78 is 5.83. The second kappa shape index (κ2) is 7.51. The van der Waals surface area contributed by atoms with Gasteiger partial charge in [-0.25, -0.2) is 4.79 Å². The number of carbonyl (C=O) groups is 2. The number of amides is 2. The molecule has 23 heavy (non-hydrogen) atoms. The molecule has 1 heterocycles. The fraction of sp³-hybridized carbons (Fsp3) is 0.882. The summed E-state index contributed by atoms with van der Waals surface area (Å²) in [6.07, 6.45) is 5.47. The summed E-state index contributed by atoms with van der Waals surface area (Å²) in [5.41, 5.74) is -0.691. The van der Waals surface area contributed by atoms with Crippen LogP contribution in [0.1, 0.15) is 59.3 Å². The van der Waals surface area contributed by atoms with Gasteiger partial charge in [0.25, 0.3) is 0 Å². The lowest BCUT2D eigenvalue weighted by atomic mass is 9.80. The van der Waals surface area contributed by atoms with Crippen molar-refractivity contribution in [2.75, 3.05) is 13.1 Å². The highest BCUT2D eigenvalue weighted by molar-refractivity contribution is 5.77. The number of piperidine rings is 1. The minimum absolute atomic E-state index is 0.0503. The van der Waals surface area contributed by atoms with Gasteiger partial charge in [0.1, 0.15) is 0 Å². The Hall–Kier alpha value is -1.30. The van der Waals surface area contributed by atoms with Crippen LogP contribution in [-0.4, -0.2) is 53.3 Å². The number of rotatable bonds is 4. The Morgan fingerprint density at radius 2 is 1.74 bits per heavy atom. The SMILES string of the molecule is CC(C)OC1CCC(NC(=O)N2CCC(C)(C(=O)O)CC2)CC1. The highest BCUT2D eigenvalue weighted by Crippen LogP contribution is 2.31. The molecule has 1 saturated carbocycles. The Bertz CT molecular complexity index is 422. The van der Waals surface area contributed by atoms with Gasteiger partial charge in [-0.15, -0.1) is 0 Å². The van der Waals surface area contributed by atoms with E-state index in [0.717, 1.165) is 25.7 Å². The molecule has 132 valence electrons. The number of carboxylic acid groups (broad SMARTS) is 1. The number of hydrogen-bond acceptors (Lipinski definition) is 3. The third kappa shape index (κ3) is 4.83. The molecule has 0 aromatic heterocycles. The van der Waals surface area contributed by atoms with Gasteiger partial charge in [-0.1, -0.05) is 0 Å². The number of carboxylic acids is 1. The van der Waals surface area contributed by atoms with Gasteiger partial charge in [0.05, 0.1) is 17.6 Å². The number of carbonyl (C=O) groups excluding carboxylic acids is 1. The van der Waals surface area contributed by atoms with Crippen molar-refractivity contribution in [2.45, 2.75) is 77.5 Å². The van der Waals surface area contributed by atoms with Crippen LogP contribution < -0.4 is 5.32 Å². The summed E-state index contributed by atoms with van der Waals surface area (Å²) in [5, 5.41) is 12.3. The predicted octanol–water partition coefficient (Wildman–Crippen LogP) is 2.62. The van der Waals surface area contributed by atoms with E-state index in [9.17, 15) is 14.7 Å². The Balaban J connectivity index is 1.73. The Morgan fingerprint density at radius 1 is 1.17 bits per heavy atom. The van der Waals surface area contributed by atoms with Gasteiger partial charge in [0.2, 0.25) is 0 Å². The first kappa shape index (κ1) is 18.0. The normalized spacial score (nSPS) is 27.7. The van der Waals surface area contributed by atoms with Crippen LogP contribution in [0.4, 0.5) is 4.79 Å². The van der Waals surface area contributed by atoms with E-state index in [0.29, 0.717) is 32.0 Å². The van der Waals surface area contributed by atoms with Crippen LogP contribution in [0.15, 0.2) is 0 Å². The van der Waals surface area contributed by atoms with E-state index < -0.39 is 11.4 Å². The summed E-state index contributed by atoms with van der Waals surface area (Å²) in [5.74, 6) is -0.763. The van der Waals surface area contributed by atoms with Crippen LogP contribution in [0.3, 0.4) is 0 Å². The monoisotopic (exact) mass is 326 g/mol. The molecule has 6 heteroatoms. The molecule has 0 bridgehead atoms. The molecule has 0 spiro atoms. The molecule has 1 aliphatic carbocycles. The van der Waals surface area contributed by atoms with Gasteiger partial charge in [-0.3, -0.25) is 4.79 Å². The maximum Gasteiger partial charge on any atom is 0.317 e. The fourth-order valence-corrected chi connectivity index (χ4v) is 3.41. The van der Waals surface area contributed by atoms with Crippen LogP contribution in [0.25, 0.3) is 0 Å². The second-order valence-corrected chi connectivity index (χ2v) is 7.46. The van der Waals surface area contributed by atoms with E-state index in [1.807, 2.05) is 0 Å².